The lowest BCUT2D eigenvalue weighted by molar-refractivity contribution is 0.481. The minimum atomic E-state index is 0.431. The summed E-state index contributed by atoms with van der Waals surface area (Å²) in [6.07, 6.45) is 0.431. The third kappa shape index (κ3) is 1.25. The highest BCUT2D eigenvalue weighted by atomic mass is 16.2. The second kappa shape index (κ2) is 2.25. The summed E-state index contributed by atoms with van der Waals surface area (Å²) in [7, 11) is 0. The zero-order valence-electron chi connectivity index (χ0n) is 1.97. The van der Waals surface area contributed by atoms with Crippen molar-refractivity contribution >= 4 is 5.87 Å². The molecule has 0 aromatic rings. The number of aliphatic hydroxyl groups is 1. The molecule has 0 fully saturated rings. The van der Waals surface area contributed by atoms with Gasteiger partial charge in [-0.2, -0.15) is 0 Å². The van der Waals surface area contributed by atoms with Gasteiger partial charge in [-0.05, 0) is 0 Å². The fourth-order valence-electron chi connectivity index (χ4n) is 0. The van der Waals surface area contributed by atoms with Crippen molar-refractivity contribution in [3.05, 3.63) is 11.7 Å². The summed E-state index contributed by atoms with van der Waals surface area (Å²) < 4.78 is 0. The predicted octanol–water partition coefficient (Wildman–Crippen LogP) is 0.297. The van der Waals surface area contributed by atoms with Gasteiger partial charge < -0.3 is 10.5 Å². The first kappa shape index (κ1) is 3.25. The first-order chi connectivity index (χ1) is 1.91. The first-order valence-electron chi connectivity index (χ1n) is 0.770. The molecule has 0 bridgehead atoms. The van der Waals surface area contributed by atoms with Crippen LogP contribution < -0.4 is 0 Å². The van der Waals surface area contributed by atoms with E-state index >= 15 is 0 Å². The second-order valence-corrected chi connectivity index (χ2v) is 0.258. The Hall–Kier alpha value is -0.750. The SMILES string of the molecule is [N-]=C=CO. The minimum absolute atomic E-state index is 0.431. The van der Waals surface area contributed by atoms with E-state index in [2.05, 4.69) is 0 Å². The summed E-state index contributed by atoms with van der Waals surface area (Å²) in [4.78, 5) is 0. The van der Waals surface area contributed by atoms with Crippen LogP contribution in [0.15, 0.2) is 6.26 Å². The molecule has 2 heteroatoms. The van der Waals surface area contributed by atoms with E-state index in [-0.39, 0.29) is 0 Å². The predicted molar refractivity (Wildman–Crippen MR) is 15.6 cm³/mol. The van der Waals surface area contributed by atoms with Gasteiger partial charge in [0.25, 0.3) is 0 Å². The molecule has 0 aliphatic heterocycles. The van der Waals surface area contributed by atoms with Crippen LogP contribution >= 0.6 is 0 Å². The van der Waals surface area contributed by atoms with Crippen LogP contribution in [0.1, 0.15) is 0 Å². The van der Waals surface area contributed by atoms with Crippen LogP contribution in [0, 0.1) is 0 Å². The van der Waals surface area contributed by atoms with Crippen molar-refractivity contribution in [1.29, 1.82) is 0 Å². The molecular formula is C2H2NO-. The molecular weight excluding hydrogens is 54.0 g/mol. The standard InChI is InChI=1S/C2H2NO/c3-1-2-4/h2,4H/q-1. The van der Waals surface area contributed by atoms with Crippen LogP contribution in [0.5, 0.6) is 0 Å². The zero-order valence-corrected chi connectivity index (χ0v) is 1.97. The van der Waals surface area contributed by atoms with Crippen molar-refractivity contribution in [3.8, 4) is 0 Å². The molecule has 0 unspecified atom stereocenters. The van der Waals surface area contributed by atoms with Crippen molar-refractivity contribution in [3.63, 3.8) is 0 Å². The summed E-state index contributed by atoms with van der Waals surface area (Å²) in [6, 6.07) is 0. The van der Waals surface area contributed by atoms with Gasteiger partial charge in [-0.15, -0.1) is 0 Å². The van der Waals surface area contributed by atoms with Crippen LogP contribution in [0.3, 0.4) is 0 Å². The fourth-order valence-corrected chi connectivity index (χ4v) is 0. The van der Waals surface area contributed by atoms with E-state index in [1.165, 1.54) is 5.87 Å². The maximum absolute atomic E-state index is 7.39. The summed E-state index contributed by atoms with van der Waals surface area (Å²) in [5.74, 6) is 1.36. The highest BCUT2D eigenvalue weighted by Crippen LogP contribution is 1.27. The molecule has 0 rings (SSSR count). The fraction of sp³-hybridized carbons (Fsp3) is 0. The van der Waals surface area contributed by atoms with Crippen molar-refractivity contribution < 1.29 is 5.11 Å². The van der Waals surface area contributed by atoms with Gasteiger partial charge in [-0.25, -0.2) is 5.87 Å². The molecule has 0 aromatic heterocycles. The third-order valence-electron chi connectivity index (χ3n) is 0.0577. The average Bonchev–Trinajstić information content (AvgIpc) is 1.37. The van der Waals surface area contributed by atoms with Crippen molar-refractivity contribution in [2.75, 3.05) is 0 Å². The Morgan fingerprint density at radius 3 is 2.25 bits per heavy atom. The molecule has 2 nitrogen and oxygen atoms in total. The lowest BCUT2D eigenvalue weighted by Crippen LogP contribution is -1.38. The lowest BCUT2D eigenvalue weighted by atomic mass is 11.1. The molecule has 1 N–H and O–H groups in total. The van der Waals surface area contributed by atoms with Crippen LogP contribution in [-0.4, -0.2) is 11.0 Å². The van der Waals surface area contributed by atoms with Gasteiger partial charge in [0, 0.05) is 0 Å². The zero-order chi connectivity index (χ0) is 3.41. The minimum Gasteiger partial charge on any atom is -0.761 e. The van der Waals surface area contributed by atoms with E-state index in [1.54, 1.807) is 0 Å². The molecule has 0 saturated carbocycles. The van der Waals surface area contributed by atoms with E-state index in [0.717, 1.165) is 0 Å². The Balaban J connectivity index is 3.11. The maximum Gasteiger partial charge on any atom is 0.0982 e. The van der Waals surface area contributed by atoms with Gasteiger partial charge in [-0.3, -0.25) is 0 Å². The van der Waals surface area contributed by atoms with E-state index < -0.39 is 0 Å². The molecule has 0 amide bonds. The van der Waals surface area contributed by atoms with E-state index in [0.29, 0.717) is 6.26 Å². The maximum atomic E-state index is 7.39. The molecule has 0 radical (unpaired) electrons. The second-order valence-electron chi connectivity index (χ2n) is 0.258. The number of aliphatic hydroxyl groups excluding tert-OH is 1. The van der Waals surface area contributed by atoms with Crippen molar-refractivity contribution in [2.45, 2.75) is 0 Å². The smallest absolute Gasteiger partial charge is 0.0982 e. The lowest BCUT2D eigenvalue weighted by Gasteiger charge is -1.56. The van der Waals surface area contributed by atoms with Gasteiger partial charge in [0.15, 0.2) is 0 Å². The van der Waals surface area contributed by atoms with Crippen molar-refractivity contribution in [2.24, 2.45) is 0 Å². The van der Waals surface area contributed by atoms with E-state index in [4.69, 9.17) is 10.5 Å². The largest absolute Gasteiger partial charge is 0.761 e. The summed E-state index contributed by atoms with van der Waals surface area (Å²) in [5, 5.41) is 14.7. The van der Waals surface area contributed by atoms with Gasteiger partial charge in [0.2, 0.25) is 0 Å². The monoisotopic (exact) mass is 56.0 g/mol. The third-order valence-corrected chi connectivity index (χ3v) is 0.0577. The normalized spacial score (nSPS) is 4.00. The van der Waals surface area contributed by atoms with Crippen LogP contribution in [0.4, 0.5) is 0 Å². The molecule has 0 atom stereocenters. The van der Waals surface area contributed by atoms with E-state index in [1.807, 2.05) is 0 Å². The van der Waals surface area contributed by atoms with Gasteiger partial charge >= 0.3 is 0 Å². The summed E-state index contributed by atoms with van der Waals surface area (Å²) >= 11 is 0. The Bertz CT molecular complexity index is 44.0. The number of hydrogen-bond donors (Lipinski definition) is 1. The molecule has 4 heavy (non-hydrogen) atoms. The quantitative estimate of drug-likeness (QED) is 0.314. The van der Waals surface area contributed by atoms with Crippen LogP contribution in [0.25, 0.3) is 5.41 Å². The summed E-state index contributed by atoms with van der Waals surface area (Å²) in [5.41, 5.74) is 0. The molecule has 22 valence electrons. The van der Waals surface area contributed by atoms with Crippen LogP contribution in [0.2, 0.25) is 0 Å². The molecule has 0 spiro atoms. The van der Waals surface area contributed by atoms with E-state index in [9.17, 15) is 0 Å². The molecule has 0 aromatic carbocycles. The highest BCUT2D eigenvalue weighted by molar-refractivity contribution is 5.52. The van der Waals surface area contributed by atoms with Crippen LogP contribution in [-0.2, 0) is 0 Å². The Labute approximate surface area is 23.9 Å². The molecule has 0 aliphatic rings. The Kier molecular flexibility index (Phi) is 1.83. The Morgan fingerprint density at radius 1 is 2.00 bits per heavy atom. The first-order valence-corrected chi connectivity index (χ1v) is 0.770. The average molecular weight is 56.0 g/mol. The highest BCUT2D eigenvalue weighted by Gasteiger charge is 1.15. The number of nitrogens with zero attached hydrogens (tertiary/aromatic N) is 1. The summed E-state index contributed by atoms with van der Waals surface area (Å²) in [6.45, 7) is 0. The number of rotatable bonds is 0. The topological polar surface area (TPSA) is 42.5 Å². The Morgan fingerprint density at radius 2 is 2.25 bits per heavy atom. The van der Waals surface area contributed by atoms with Gasteiger partial charge in [0.1, 0.15) is 0 Å². The van der Waals surface area contributed by atoms with Gasteiger partial charge in [-0.1, -0.05) is 0 Å². The molecule has 0 saturated heterocycles. The van der Waals surface area contributed by atoms with Gasteiger partial charge in [0.05, 0.1) is 6.26 Å². The number of hydrogen-bond acceptors (Lipinski definition) is 1. The molecule has 0 heterocycles. The molecule has 0 aliphatic carbocycles. The van der Waals surface area contributed by atoms with Crippen molar-refractivity contribution in [1.82, 2.24) is 0 Å².